The highest BCUT2D eigenvalue weighted by atomic mass is 15.2. The largest absolute Gasteiger partial charge is 0.369 e. The van der Waals surface area contributed by atoms with Crippen LogP contribution in [0.4, 0.5) is 11.4 Å². The molecule has 86 valence electrons. The van der Waals surface area contributed by atoms with Gasteiger partial charge in [-0.05, 0) is 25.0 Å². The van der Waals surface area contributed by atoms with E-state index in [0.29, 0.717) is 5.92 Å². The molecule has 1 aromatic carbocycles. The normalized spacial score (nSPS) is 22.0. The third-order valence-corrected chi connectivity index (χ3v) is 4.02. The summed E-state index contributed by atoms with van der Waals surface area (Å²) in [7, 11) is 0. The molecule has 0 radical (unpaired) electrons. The fraction of sp³-hybridized carbons (Fsp3) is 0.357. The summed E-state index contributed by atoms with van der Waals surface area (Å²) in [6.07, 6.45) is 4.60. The Bertz CT molecular complexity index is 522. The number of hydrogen-bond donors (Lipinski definition) is 1. The molecular weight excluding hydrogens is 210 g/mol. The van der Waals surface area contributed by atoms with E-state index in [1.807, 2.05) is 12.3 Å². The average molecular weight is 225 g/mol. The Balaban J connectivity index is 1.85. The fourth-order valence-corrected chi connectivity index (χ4v) is 3.07. The molecule has 4 aliphatic heterocycles. The maximum absolute atomic E-state index is 4.60. The van der Waals surface area contributed by atoms with Crippen LogP contribution < -0.4 is 5.32 Å². The first kappa shape index (κ1) is 9.28. The Morgan fingerprint density at radius 3 is 2.88 bits per heavy atom. The van der Waals surface area contributed by atoms with Gasteiger partial charge in [-0.25, -0.2) is 0 Å². The van der Waals surface area contributed by atoms with Crippen molar-refractivity contribution in [2.75, 3.05) is 18.4 Å². The topological polar surface area (TPSA) is 27.6 Å². The molecule has 0 aromatic heterocycles. The molecule has 3 heteroatoms. The van der Waals surface area contributed by atoms with Crippen molar-refractivity contribution >= 4 is 17.6 Å². The number of allylic oxidation sites excluding steroid dienone is 2. The van der Waals surface area contributed by atoms with Gasteiger partial charge in [0.1, 0.15) is 0 Å². The molecule has 0 amide bonds. The molecule has 1 fully saturated rings. The van der Waals surface area contributed by atoms with Crippen LogP contribution in [0.1, 0.15) is 12.8 Å². The number of nitrogens with one attached hydrogen (secondary N) is 1. The zero-order valence-corrected chi connectivity index (χ0v) is 9.69. The second-order valence-corrected chi connectivity index (χ2v) is 4.96. The lowest BCUT2D eigenvalue weighted by Crippen LogP contribution is -2.42. The van der Waals surface area contributed by atoms with Gasteiger partial charge in [-0.2, -0.15) is 0 Å². The molecule has 0 spiro atoms. The third-order valence-electron chi connectivity index (χ3n) is 4.02. The summed E-state index contributed by atoms with van der Waals surface area (Å²) in [6.45, 7) is 2.38. The molecule has 0 aliphatic carbocycles. The maximum atomic E-state index is 4.60. The second kappa shape index (κ2) is 3.36. The van der Waals surface area contributed by atoms with E-state index in [1.165, 1.54) is 37.3 Å². The summed E-state index contributed by atoms with van der Waals surface area (Å²) in [4.78, 5) is 7.06. The van der Waals surface area contributed by atoms with Crippen LogP contribution in [0.5, 0.6) is 0 Å². The predicted octanol–water partition coefficient (Wildman–Crippen LogP) is 2.75. The summed E-state index contributed by atoms with van der Waals surface area (Å²) >= 11 is 0. The van der Waals surface area contributed by atoms with Crippen molar-refractivity contribution in [1.82, 2.24) is 4.90 Å². The van der Waals surface area contributed by atoms with E-state index < -0.39 is 0 Å². The van der Waals surface area contributed by atoms with Crippen molar-refractivity contribution in [3.05, 3.63) is 35.7 Å². The van der Waals surface area contributed by atoms with Crippen LogP contribution in [-0.2, 0) is 0 Å². The van der Waals surface area contributed by atoms with Gasteiger partial charge in [0.2, 0.25) is 0 Å². The quantitative estimate of drug-likeness (QED) is 0.735. The van der Waals surface area contributed by atoms with E-state index in [4.69, 9.17) is 0 Å². The van der Waals surface area contributed by atoms with E-state index in [-0.39, 0.29) is 0 Å². The zero-order valence-electron chi connectivity index (χ0n) is 9.69. The van der Waals surface area contributed by atoms with Crippen LogP contribution in [0, 0.1) is 5.92 Å². The Labute approximate surface area is 101 Å². The van der Waals surface area contributed by atoms with Gasteiger partial charge >= 0.3 is 0 Å². The minimum Gasteiger partial charge on any atom is -0.369 e. The van der Waals surface area contributed by atoms with Gasteiger partial charge in [0, 0.05) is 24.7 Å². The van der Waals surface area contributed by atoms with Crippen LogP contribution >= 0.6 is 0 Å². The highest BCUT2D eigenvalue weighted by Gasteiger charge is 2.33. The minimum absolute atomic E-state index is 0.701. The van der Waals surface area contributed by atoms with Crippen LogP contribution in [-0.4, -0.2) is 24.2 Å². The van der Waals surface area contributed by atoms with Crippen molar-refractivity contribution in [2.45, 2.75) is 12.8 Å². The Hall–Kier alpha value is -1.77. The van der Waals surface area contributed by atoms with Gasteiger partial charge in [0.15, 0.2) is 0 Å². The SMILES string of the molecule is C1=Nc2ccccc2NC2=C1N1CCC2CC1. The molecule has 5 rings (SSSR count). The van der Waals surface area contributed by atoms with Crippen molar-refractivity contribution in [2.24, 2.45) is 10.9 Å². The fourth-order valence-electron chi connectivity index (χ4n) is 3.07. The number of para-hydroxylation sites is 2. The van der Waals surface area contributed by atoms with Gasteiger partial charge < -0.3 is 10.2 Å². The van der Waals surface area contributed by atoms with E-state index in [9.17, 15) is 0 Å². The number of piperidine rings is 1. The van der Waals surface area contributed by atoms with Crippen LogP contribution in [0.25, 0.3) is 0 Å². The predicted molar refractivity (Wildman–Crippen MR) is 69.5 cm³/mol. The highest BCUT2D eigenvalue weighted by Crippen LogP contribution is 2.39. The van der Waals surface area contributed by atoms with Gasteiger partial charge in [-0.15, -0.1) is 0 Å². The lowest BCUT2D eigenvalue weighted by atomic mass is 9.87. The summed E-state index contributed by atoms with van der Waals surface area (Å²) in [5.74, 6) is 0.701. The first-order valence-electron chi connectivity index (χ1n) is 6.31. The summed E-state index contributed by atoms with van der Waals surface area (Å²) in [5.41, 5.74) is 4.88. The van der Waals surface area contributed by atoms with Crippen LogP contribution in [0.3, 0.4) is 0 Å². The van der Waals surface area contributed by atoms with Crippen LogP contribution in [0.15, 0.2) is 40.7 Å². The van der Waals surface area contributed by atoms with Crippen molar-refractivity contribution in [3.63, 3.8) is 0 Å². The first-order valence-corrected chi connectivity index (χ1v) is 6.31. The van der Waals surface area contributed by atoms with Crippen molar-refractivity contribution < 1.29 is 0 Å². The number of anilines is 1. The molecule has 1 saturated heterocycles. The third kappa shape index (κ3) is 1.32. The monoisotopic (exact) mass is 225 g/mol. The Morgan fingerprint density at radius 1 is 1.18 bits per heavy atom. The minimum atomic E-state index is 0.701. The van der Waals surface area contributed by atoms with Gasteiger partial charge in [-0.3, -0.25) is 4.99 Å². The Kier molecular flexibility index (Phi) is 1.83. The molecule has 3 nitrogen and oxygen atoms in total. The number of hydrogen-bond acceptors (Lipinski definition) is 3. The smallest absolute Gasteiger partial charge is 0.0865 e. The molecule has 17 heavy (non-hydrogen) atoms. The van der Waals surface area contributed by atoms with E-state index in [2.05, 4.69) is 33.4 Å². The molecular formula is C14H15N3. The summed E-state index contributed by atoms with van der Waals surface area (Å²) in [5, 5.41) is 3.61. The number of rotatable bonds is 0. The standard InChI is InChI=1S/C14H15N3/c1-2-4-12-11(3-1)15-9-13-14(16-12)10-5-7-17(13)8-6-10/h1-4,9-10,16H,5-8H2. The summed E-state index contributed by atoms with van der Waals surface area (Å²) in [6, 6.07) is 8.28. The van der Waals surface area contributed by atoms with Gasteiger partial charge in [0.25, 0.3) is 0 Å². The number of aliphatic imine (C=N–C) groups is 1. The molecule has 1 N–H and O–H groups in total. The molecule has 4 aliphatic rings. The lowest BCUT2D eigenvalue weighted by Gasteiger charge is -2.42. The zero-order chi connectivity index (χ0) is 11.2. The maximum Gasteiger partial charge on any atom is 0.0865 e. The summed E-state index contributed by atoms with van der Waals surface area (Å²) < 4.78 is 0. The molecule has 1 aromatic rings. The number of benzene rings is 1. The molecule has 4 heterocycles. The molecule has 0 unspecified atom stereocenters. The molecule has 0 atom stereocenters. The Morgan fingerprint density at radius 2 is 2.00 bits per heavy atom. The van der Waals surface area contributed by atoms with Crippen LogP contribution in [0.2, 0.25) is 0 Å². The average Bonchev–Trinajstić information content (AvgIpc) is 2.60. The number of nitrogens with zero attached hydrogens (tertiary/aromatic N) is 2. The van der Waals surface area contributed by atoms with E-state index >= 15 is 0 Å². The molecule has 0 saturated carbocycles. The number of fused-ring (bicyclic) bond motifs is 3. The molecule has 2 bridgehead atoms. The van der Waals surface area contributed by atoms with Crippen molar-refractivity contribution in [1.29, 1.82) is 0 Å². The van der Waals surface area contributed by atoms with Gasteiger partial charge in [-0.1, -0.05) is 12.1 Å². The van der Waals surface area contributed by atoms with Crippen molar-refractivity contribution in [3.8, 4) is 0 Å². The van der Waals surface area contributed by atoms with E-state index in [0.717, 1.165) is 11.4 Å². The second-order valence-electron chi connectivity index (χ2n) is 4.96. The van der Waals surface area contributed by atoms with E-state index in [1.54, 1.807) is 0 Å². The first-order chi connectivity index (χ1) is 8.42. The highest BCUT2D eigenvalue weighted by molar-refractivity contribution is 5.88. The van der Waals surface area contributed by atoms with Gasteiger partial charge in [0.05, 0.1) is 23.3 Å². The lowest BCUT2D eigenvalue weighted by molar-refractivity contribution is 0.221.